The van der Waals surface area contributed by atoms with Gasteiger partial charge < -0.3 is 19.9 Å². The molecular formula is C40H58F5N3O4S. The Labute approximate surface area is 314 Å². The third kappa shape index (κ3) is 8.97. The van der Waals surface area contributed by atoms with Crippen LogP contribution in [-0.2, 0) is 28.4 Å². The van der Waals surface area contributed by atoms with Crippen LogP contribution in [-0.4, -0.2) is 94.8 Å². The zero-order valence-electron chi connectivity index (χ0n) is 31.6. The van der Waals surface area contributed by atoms with Crippen LogP contribution in [0, 0.1) is 23.2 Å². The Kier molecular flexibility index (Phi) is 12.7. The number of fused-ring (bicyclic) bond motifs is 5. The lowest BCUT2D eigenvalue weighted by molar-refractivity contribution is -0.284. The van der Waals surface area contributed by atoms with Crippen LogP contribution in [0.5, 0.6) is 5.75 Å². The van der Waals surface area contributed by atoms with Crippen LogP contribution < -0.4 is 10.1 Å². The molecule has 13 heteroatoms. The second kappa shape index (κ2) is 16.5. The first kappa shape index (κ1) is 40.5. The number of amides is 1. The Balaban J connectivity index is 1.10. The molecule has 6 rings (SSSR count). The highest BCUT2D eigenvalue weighted by Crippen LogP contribution is 2.62. The van der Waals surface area contributed by atoms with Gasteiger partial charge in [-0.2, -0.15) is 22.0 Å². The number of nitrogens with zero attached hydrogens (tertiary/aromatic N) is 2. The number of alkyl halides is 5. The molecule has 5 aliphatic rings. The molecule has 3 aliphatic carbocycles. The van der Waals surface area contributed by atoms with E-state index in [2.05, 4.69) is 42.1 Å². The average molecular weight is 772 g/mol. The van der Waals surface area contributed by atoms with E-state index in [1.807, 2.05) is 6.07 Å². The van der Waals surface area contributed by atoms with E-state index < -0.39 is 41.8 Å². The summed E-state index contributed by atoms with van der Waals surface area (Å²) in [5.41, 5.74) is 3.02. The summed E-state index contributed by atoms with van der Waals surface area (Å²) >= 11 is 0. The summed E-state index contributed by atoms with van der Waals surface area (Å²) in [5.74, 6) is -2.92. The number of carbonyl (C=O) groups excluding carboxylic acids is 2. The van der Waals surface area contributed by atoms with Gasteiger partial charge in [0.05, 0.1) is 0 Å². The third-order valence-corrected chi connectivity index (χ3v) is 15.1. The highest BCUT2D eigenvalue weighted by molar-refractivity contribution is 7.84. The van der Waals surface area contributed by atoms with Gasteiger partial charge in [-0.05, 0) is 144 Å². The number of ketones is 1. The molecular weight excluding hydrogens is 714 g/mol. The number of aryl methyl sites for hydroxylation is 1. The maximum Gasteiger partial charge on any atom is 0.453 e. The SMILES string of the molecule is CCc1cc2c(cc1OC(=O)NC1CCN(C3CCN(C)CC3)CC1)C[C@@H](CCCS(=O)CCCC(F)(F)C(F)(F)F)[C@@H]1[C@@H]2CC[C@]2(C)C(=O)CC[C@@H]12. The first-order valence-electron chi connectivity index (χ1n) is 20.0. The van der Waals surface area contributed by atoms with Crippen LogP contribution in [0.2, 0.25) is 0 Å². The predicted octanol–water partition coefficient (Wildman–Crippen LogP) is 8.05. The highest BCUT2D eigenvalue weighted by Gasteiger charge is 2.57. The van der Waals surface area contributed by atoms with Crippen LogP contribution in [0.15, 0.2) is 12.1 Å². The molecule has 0 spiro atoms. The van der Waals surface area contributed by atoms with Crippen molar-refractivity contribution in [2.24, 2.45) is 23.2 Å². The van der Waals surface area contributed by atoms with E-state index >= 15 is 0 Å². The zero-order chi connectivity index (χ0) is 38.1. The summed E-state index contributed by atoms with van der Waals surface area (Å²) in [6, 6.07) is 4.94. The second-order valence-electron chi connectivity index (χ2n) is 16.9. The van der Waals surface area contributed by atoms with Crippen LogP contribution in [0.25, 0.3) is 0 Å². The van der Waals surface area contributed by atoms with Crippen molar-refractivity contribution < 1.29 is 40.5 Å². The molecule has 7 nitrogen and oxygen atoms in total. The molecule has 1 amide bonds. The normalized spacial score (nSPS) is 29.7. The number of benzene rings is 1. The number of hydrogen-bond donors (Lipinski definition) is 1. The number of halogens is 5. The van der Waals surface area contributed by atoms with Gasteiger partial charge in [0.1, 0.15) is 11.5 Å². The molecule has 0 radical (unpaired) electrons. The molecule has 0 bridgehead atoms. The van der Waals surface area contributed by atoms with Crippen LogP contribution >= 0.6 is 0 Å². The zero-order valence-corrected chi connectivity index (χ0v) is 32.4. The molecule has 1 aromatic carbocycles. The van der Waals surface area contributed by atoms with Crippen molar-refractivity contribution in [3.8, 4) is 5.75 Å². The summed E-state index contributed by atoms with van der Waals surface area (Å²) in [7, 11) is 0.665. The fraction of sp³-hybridized carbons (Fsp3) is 0.800. The number of ether oxygens (including phenoxy) is 1. The van der Waals surface area contributed by atoms with E-state index in [1.54, 1.807) is 0 Å². The standard InChI is InChI=1S/C40H58F5N3O4S/c1-4-26-24-32-28(25-34(26)52-37(50)46-29-11-19-48(20-12-29)30-13-17-47(3)18-14-30)23-27(36-31(32)10-16-38(2)33(36)8-9-35(38)49)7-5-21-53(51)22-6-15-39(41,42)40(43,44)45/h24-25,27,29-31,33,36H,4-23H2,1-3H3,(H,46,50)/t27-,31-,33+,36-,38+,53?/m1/s1. The van der Waals surface area contributed by atoms with Crippen molar-refractivity contribution in [2.45, 2.75) is 134 Å². The van der Waals surface area contributed by atoms with Crippen molar-refractivity contribution in [2.75, 3.05) is 44.7 Å². The molecule has 6 atom stereocenters. The van der Waals surface area contributed by atoms with E-state index in [0.29, 0.717) is 43.3 Å². The van der Waals surface area contributed by atoms with Crippen LogP contribution in [0.4, 0.5) is 26.7 Å². The van der Waals surface area contributed by atoms with E-state index in [9.17, 15) is 35.8 Å². The van der Waals surface area contributed by atoms with E-state index in [4.69, 9.17) is 4.74 Å². The lowest BCUT2D eigenvalue weighted by Gasteiger charge is -2.52. The van der Waals surface area contributed by atoms with Crippen molar-refractivity contribution in [3.05, 3.63) is 28.8 Å². The topological polar surface area (TPSA) is 79.0 Å². The maximum absolute atomic E-state index is 13.4. The van der Waals surface area contributed by atoms with Crippen LogP contribution in [0.3, 0.4) is 0 Å². The molecule has 0 aromatic heterocycles. The third-order valence-electron chi connectivity index (χ3n) is 13.7. The molecule has 2 heterocycles. The van der Waals surface area contributed by atoms with E-state index in [1.165, 1.54) is 18.4 Å². The first-order chi connectivity index (χ1) is 25.1. The van der Waals surface area contributed by atoms with Crippen molar-refractivity contribution in [1.29, 1.82) is 0 Å². The minimum Gasteiger partial charge on any atom is -0.410 e. The van der Waals surface area contributed by atoms with Gasteiger partial charge in [-0.15, -0.1) is 0 Å². The fourth-order valence-electron chi connectivity index (χ4n) is 10.6. The minimum atomic E-state index is -5.60. The molecule has 4 fully saturated rings. The highest BCUT2D eigenvalue weighted by atomic mass is 32.2. The quantitative estimate of drug-likeness (QED) is 0.217. The molecule has 1 unspecified atom stereocenters. The van der Waals surface area contributed by atoms with Gasteiger partial charge in [-0.1, -0.05) is 19.9 Å². The van der Waals surface area contributed by atoms with Crippen molar-refractivity contribution in [3.63, 3.8) is 0 Å². The predicted molar refractivity (Wildman–Crippen MR) is 196 cm³/mol. The molecule has 53 heavy (non-hydrogen) atoms. The Bertz CT molecular complexity index is 1490. The lowest BCUT2D eigenvalue weighted by atomic mass is 9.52. The average Bonchev–Trinajstić information content (AvgIpc) is 3.41. The largest absolute Gasteiger partial charge is 0.453 e. The van der Waals surface area contributed by atoms with E-state index in [0.717, 1.165) is 75.8 Å². The summed E-state index contributed by atoms with van der Waals surface area (Å²) in [4.78, 5) is 31.4. The fourth-order valence-corrected chi connectivity index (χ4v) is 11.7. The lowest BCUT2D eigenvalue weighted by Crippen LogP contribution is -2.51. The molecule has 2 saturated carbocycles. The molecule has 298 valence electrons. The second-order valence-corrected chi connectivity index (χ2v) is 18.6. The number of rotatable bonds is 12. The minimum absolute atomic E-state index is 0.0650. The van der Waals surface area contributed by atoms with Gasteiger partial charge in [0.2, 0.25) is 0 Å². The number of likely N-dealkylation sites (tertiary alicyclic amines) is 2. The number of carbonyl (C=O) groups is 2. The van der Waals surface area contributed by atoms with Crippen LogP contribution in [0.1, 0.15) is 114 Å². The molecule has 2 saturated heterocycles. The van der Waals surface area contributed by atoms with Gasteiger partial charge in [0.25, 0.3) is 0 Å². The summed E-state index contributed by atoms with van der Waals surface area (Å²) in [6.07, 6.45) is 2.13. The Morgan fingerprint density at radius 2 is 1.70 bits per heavy atom. The maximum atomic E-state index is 13.4. The van der Waals surface area contributed by atoms with Gasteiger partial charge in [0.15, 0.2) is 0 Å². The van der Waals surface area contributed by atoms with Gasteiger partial charge >= 0.3 is 18.2 Å². The Hall–Kier alpha value is -2.12. The number of nitrogens with one attached hydrogen (secondary N) is 1. The summed E-state index contributed by atoms with van der Waals surface area (Å²) in [6.45, 7) is 8.37. The molecule has 2 aliphatic heterocycles. The Morgan fingerprint density at radius 3 is 2.38 bits per heavy atom. The van der Waals surface area contributed by atoms with Crippen molar-refractivity contribution >= 4 is 22.7 Å². The van der Waals surface area contributed by atoms with E-state index in [-0.39, 0.29) is 46.6 Å². The van der Waals surface area contributed by atoms with Gasteiger partial charge in [0, 0.05) is 65.7 Å². The first-order valence-corrected chi connectivity index (χ1v) is 21.5. The molecule has 1 N–H and O–H groups in total. The Morgan fingerprint density at radius 1 is 1.00 bits per heavy atom. The summed E-state index contributed by atoms with van der Waals surface area (Å²) < 4.78 is 83.2. The van der Waals surface area contributed by atoms with Gasteiger partial charge in [-0.3, -0.25) is 9.00 Å². The van der Waals surface area contributed by atoms with Gasteiger partial charge in [-0.25, -0.2) is 4.79 Å². The molecule has 1 aromatic rings. The monoisotopic (exact) mass is 771 g/mol. The number of piperidine rings is 2. The van der Waals surface area contributed by atoms with Crippen molar-refractivity contribution in [1.82, 2.24) is 15.1 Å². The summed E-state index contributed by atoms with van der Waals surface area (Å²) in [5, 5.41) is 3.13. The smallest absolute Gasteiger partial charge is 0.410 e. The number of Topliss-reactive ketones (excluding diaryl/α,β-unsaturated/α-hetero) is 1. The number of hydrogen-bond acceptors (Lipinski definition) is 6.